The molecule has 0 atom stereocenters. The van der Waals surface area contributed by atoms with Crippen LogP contribution in [0.2, 0.25) is 0 Å². The molecule has 0 aliphatic rings. The summed E-state index contributed by atoms with van der Waals surface area (Å²) in [4.78, 5) is 17.9. The molecular weight excluding hydrogens is 366 g/mol. The summed E-state index contributed by atoms with van der Waals surface area (Å²) in [5.74, 6) is 1.02. The zero-order valence-corrected chi connectivity index (χ0v) is 17.3. The maximum Gasteiger partial charge on any atom is 0.241 e. The third-order valence-corrected chi connectivity index (χ3v) is 5.22. The summed E-state index contributed by atoms with van der Waals surface area (Å²) >= 11 is 0. The first-order chi connectivity index (χ1) is 12.7. The van der Waals surface area contributed by atoms with Gasteiger partial charge in [-0.1, -0.05) is 38.8 Å². The van der Waals surface area contributed by atoms with E-state index in [1.54, 1.807) is 26.2 Å². The second-order valence-corrected chi connectivity index (χ2v) is 8.12. The summed E-state index contributed by atoms with van der Waals surface area (Å²) in [5, 5.41) is 11.4. The molecule has 0 spiro atoms. The predicted molar refractivity (Wildman–Crippen MR) is 108 cm³/mol. The van der Waals surface area contributed by atoms with Crippen molar-refractivity contribution in [1.82, 2.24) is 15.5 Å². The number of sulfonamides is 1. The first-order valence-corrected chi connectivity index (χ1v) is 10.6. The number of nitrogens with two attached hydrogens (primary N) is 1. The Kier molecular flexibility index (Phi) is 9.23. The van der Waals surface area contributed by atoms with Gasteiger partial charge < -0.3 is 15.5 Å². The highest BCUT2D eigenvalue weighted by Crippen LogP contribution is 2.09. The quantitative estimate of drug-likeness (QED) is 0.423. The maximum atomic E-state index is 11.8. The van der Waals surface area contributed by atoms with Crippen LogP contribution in [0.3, 0.4) is 0 Å². The van der Waals surface area contributed by atoms with Crippen LogP contribution in [0.5, 0.6) is 0 Å². The van der Waals surface area contributed by atoms with E-state index >= 15 is 0 Å². The summed E-state index contributed by atoms with van der Waals surface area (Å²) in [6.45, 7) is 5.54. The Morgan fingerprint density at radius 2 is 1.74 bits per heavy atom. The van der Waals surface area contributed by atoms with Gasteiger partial charge >= 0.3 is 0 Å². The fraction of sp³-hybridized carbons (Fsp3) is 0.556. The predicted octanol–water partition coefficient (Wildman–Crippen LogP) is 0.894. The Morgan fingerprint density at radius 3 is 2.22 bits per heavy atom. The molecule has 0 aliphatic heterocycles. The number of nitrogens with one attached hydrogen (secondary N) is 2. The van der Waals surface area contributed by atoms with E-state index in [0.29, 0.717) is 18.4 Å². The second-order valence-electron chi connectivity index (χ2n) is 6.56. The first kappa shape index (κ1) is 22.9. The van der Waals surface area contributed by atoms with E-state index < -0.39 is 10.0 Å². The lowest BCUT2D eigenvalue weighted by molar-refractivity contribution is -0.127. The first-order valence-electron chi connectivity index (χ1n) is 9.01. The summed E-state index contributed by atoms with van der Waals surface area (Å²) < 4.78 is 22.6. The molecule has 0 bridgehead atoms. The number of nitrogens with zero attached hydrogens (tertiary/aromatic N) is 2. The Balaban J connectivity index is 2.81. The molecule has 1 amide bonds. The molecule has 27 heavy (non-hydrogen) atoms. The van der Waals surface area contributed by atoms with Gasteiger partial charge in [0.2, 0.25) is 15.9 Å². The summed E-state index contributed by atoms with van der Waals surface area (Å²) in [6, 6.07) is 6.26. The number of benzene rings is 1. The zero-order valence-electron chi connectivity index (χ0n) is 16.5. The van der Waals surface area contributed by atoms with Gasteiger partial charge in [0.25, 0.3) is 0 Å². The van der Waals surface area contributed by atoms with Crippen molar-refractivity contribution in [3.8, 4) is 0 Å². The lowest BCUT2D eigenvalue weighted by Crippen LogP contribution is -2.44. The van der Waals surface area contributed by atoms with E-state index in [0.717, 1.165) is 24.9 Å². The molecule has 0 unspecified atom stereocenters. The van der Waals surface area contributed by atoms with Crippen LogP contribution in [0.25, 0.3) is 0 Å². The monoisotopic (exact) mass is 397 g/mol. The summed E-state index contributed by atoms with van der Waals surface area (Å²) in [7, 11) is -0.304. The average Bonchev–Trinajstić information content (AvgIpc) is 2.63. The largest absolute Gasteiger partial charge is 0.356 e. The minimum Gasteiger partial charge on any atom is -0.356 e. The molecule has 9 heteroatoms. The molecule has 0 fully saturated rings. The number of amides is 1. The van der Waals surface area contributed by atoms with Crippen LogP contribution in [0.15, 0.2) is 34.2 Å². The molecule has 0 aliphatic carbocycles. The average molecular weight is 398 g/mol. The molecule has 0 saturated carbocycles. The molecule has 0 aromatic heterocycles. The molecule has 1 aromatic rings. The molecule has 1 rings (SSSR count). The Labute approximate surface area is 162 Å². The van der Waals surface area contributed by atoms with E-state index in [-0.39, 0.29) is 17.3 Å². The number of guanidine groups is 1. The van der Waals surface area contributed by atoms with Crippen molar-refractivity contribution in [2.75, 3.05) is 27.2 Å². The number of rotatable bonds is 9. The highest BCUT2D eigenvalue weighted by Gasteiger charge is 2.09. The van der Waals surface area contributed by atoms with Gasteiger partial charge in [-0.3, -0.25) is 4.79 Å². The van der Waals surface area contributed by atoms with Gasteiger partial charge in [-0.2, -0.15) is 0 Å². The SMILES string of the molecule is CCC(CC)CNC(=NCc1ccc(S(N)(=O)=O)cc1)NCC(=O)N(C)C. The van der Waals surface area contributed by atoms with E-state index in [4.69, 9.17) is 5.14 Å². The fourth-order valence-corrected chi connectivity index (χ4v) is 2.78. The fourth-order valence-electron chi connectivity index (χ4n) is 2.27. The van der Waals surface area contributed by atoms with Crippen LogP contribution in [0.4, 0.5) is 0 Å². The molecule has 0 radical (unpaired) electrons. The van der Waals surface area contributed by atoms with E-state index in [1.807, 2.05) is 0 Å². The number of hydrogen-bond acceptors (Lipinski definition) is 4. The smallest absolute Gasteiger partial charge is 0.241 e. The molecule has 1 aromatic carbocycles. The number of likely N-dealkylation sites (N-methyl/N-ethyl adjacent to an activating group) is 1. The molecule has 152 valence electrons. The normalized spacial score (nSPS) is 12.1. The van der Waals surface area contributed by atoms with Crippen molar-refractivity contribution in [3.63, 3.8) is 0 Å². The number of carbonyl (C=O) groups is 1. The summed E-state index contributed by atoms with van der Waals surface area (Å²) in [6.07, 6.45) is 2.12. The van der Waals surface area contributed by atoms with Crippen LogP contribution in [-0.4, -0.2) is 52.4 Å². The van der Waals surface area contributed by atoms with Crippen LogP contribution >= 0.6 is 0 Å². The van der Waals surface area contributed by atoms with Crippen LogP contribution in [-0.2, 0) is 21.4 Å². The van der Waals surface area contributed by atoms with Crippen molar-refractivity contribution in [2.24, 2.45) is 16.0 Å². The molecule has 0 heterocycles. The molecule has 4 N–H and O–H groups in total. The standard InChI is InChI=1S/C18H31N5O3S/c1-5-14(6-2)11-20-18(22-13-17(24)23(3)4)21-12-15-7-9-16(10-8-15)27(19,25)26/h7-10,14H,5-6,11-13H2,1-4H3,(H2,19,25,26)(H2,20,21,22). The molecule has 0 saturated heterocycles. The van der Waals surface area contributed by atoms with E-state index in [9.17, 15) is 13.2 Å². The number of primary sulfonamides is 1. The minimum atomic E-state index is -3.70. The van der Waals surface area contributed by atoms with Gasteiger partial charge in [-0.25, -0.2) is 18.5 Å². The van der Waals surface area contributed by atoms with Crippen molar-refractivity contribution >= 4 is 21.9 Å². The lowest BCUT2D eigenvalue weighted by atomic mass is 10.0. The van der Waals surface area contributed by atoms with Gasteiger partial charge in [-0.15, -0.1) is 0 Å². The third-order valence-electron chi connectivity index (χ3n) is 4.29. The number of hydrogen-bond donors (Lipinski definition) is 3. The van der Waals surface area contributed by atoms with E-state index in [2.05, 4.69) is 29.5 Å². The zero-order chi connectivity index (χ0) is 20.4. The van der Waals surface area contributed by atoms with Gasteiger partial charge in [-0.05, 0) is 23.6 Å². The molecule has 8 nitrogen and oxygen atoms in total. The van der Waals surface area contributed by atoms with Gasteiger partial charge in [0.05, 0.1) is 18.0 Å². The number of carbonyl (C=O) groups excluding carboxylic acids is 1. The van der Waals surface area contributed by atoms with E-state index in [1.165, 1.54) is 17.0 Å². The highest BCUT2D eigenvalue weighted by molar-refractivity contribution is 7.89. The minimum absolute atomic E-state index is 0.0514. The Hall–Kier alpha value is -2.13. The van der Waals surface area contributed by atoms with Crippen LogP contribution < -0.4 is 15.8 Å². The van der Waals surface area contributed by atoms with Crippen LogP contribution in [0, 0.1) is 5.92 Å². The topological polar surface area (TPSA) is 117 Å². The highest BCUT2D eigenvalue weighted by atomic mass is 32.2. The van der Waals surface area contributed by atoms with Crippen molar-refractivity contribution in [3.05, 3.63) is 29.8 Å². The number of aliphatic imine (C=N–C) groups is 1. The van der Waals surface area contributed by atoms with Gasteiger partial charge in [0.15, 0.2) is 5.96 Å². The van der Waals surface area contributed by atoms with Crippen molar-refractivity contribution < 1.29 is 13.2 Å². The van der Waals surface area contributed by atoms with Crippen molar-refractivity contribution in [2.45, 2.75) is 38.1 Å². The third kappa shape index (κ3) is 8.40. The maximum absolute atomic E-state index is 11.8. The van der Waals surface area contributed by atoms with Gasteiger partial charge in [0, 0.05) is 20.6 Å². The summed E-state index contributed by atoms with van der Waals surface area (Å²) in [5.41, 5.74) is 0.838. The Bertz CT molecular complexity index is 726. The Morgan fingerprint density at radius 1 is 1.15 bits per heavy atom. The lowest BCUT2D eigenvalue weighted by Gasteiger charge is -2.18. The van der Waals surface area contributed by atoms with Gasteiger partial charge in [0.1, 0.15) is 0 Å². The second kappa shape index (κ2) is 10.9. The van der Waals surface area contributed by atoms with Crippen LogP contribution in [0.1, 0.15) is 32.3 Å². The van der Waals surface area contributed by atoms with Crippen molar-refractivity contribution in [1.29, 1.82) is 0 Å². The molecular formula is C18H31N5O3S.